The first-order valence-electron chi connectivity index (χ1n) is 6.00. The summed E-state index contributed by atoms with van der Waals surface area (Å²) in [5.41, 5.74) is 7.84. The highest BCUT2D eigenvalue weighted by Crippen LogP contribution is 2.40. The number of nitrogens with two attached hydrogens (primary N) is 1. The van der Waals surface area contributed by atoms with Crippen molar-refractivity contribution in [2.24, 2.45) is 5.92 Å². The summed E-state index contributed by atoms with van der Waals surface area (Å²) in [5, 5.41) is 0.539. The molecule has 0 saturated heterocycles. The Balaban J connectivity index is 2.07. The molecule has 1 aliphatic carbocycles. The molecule has 0 radical (unpaired) electrons. The molecule has 1 saturated carbocycles. The number of nitrogen functional groups attached to an aromatic ring is 1. The molecule has 2 aromatic rings. The maximum atomic E-state index is 5.98. The van der Waals surface area contributed by atoms with E-state index in [9.17, 15) is 0 Å². The van der Waals surface area contributed by atoms with Crippen LogP contribution in [-0.4, -0.2) is 4.98 Å². The van der Waals surface area contributed by atoms with Crippen LogP contribution in [0.4, 0.5) is 5.69 Å². The van der Waals surface area contributed by atoms with E-state index in [1.54, 1.807) is 12.1 Å². The first-order chi connectivity index (χ1) is 8.15. The topological polar surface area (TPSA) is 52.0 Å². The molecule has 0 aliphatic heterocycles. The first kappa shape index (κ1) is 10.9. The summed E-state index contributed by atoms with van der Waals surface area (Å²) in [4.78, 5) is 4.54. The van der Waals surface area contributed by atoms with Gasteiger partial charge in [0, 0.05) is 12.0 Å². The molecular formula is C13H15ClN2O. The lowest BCUT2D eigenvalue weighted by molar-refractivity contribution is 0.416. The van der Waals surface area contributed by atoms with Gasteiger partial charge in [-0.25, -0.2) is 4.98 Å². The minimum atomic E-state index is 0.447. The highest BCUT2D eigenvalue weighted by atomic mass is 35.5. The van der Waals surface area contributed by atoms with E-state index in [-0.39, 0.29) is 0 Å². The van der Waals surface area contributed by atoms with Crippen molar-refractivity contribution in [1.29, 1.82) is 0 Å². The second-order valence-electron chi connectivity index (χ2n) is 4.91. The molecule has 3 nitrogen and oxygen atoms in total. The zero-order valence-electron chi connectivity index (χ0n) is 9.74. The molecule has 1 aromatic carbocycles. The number of anilines is 1. The molecule has 3 rings (SSSR count). The maximum Gasteiger partial charge on any atom is 0.198 e. The lowest BCUT2D eigenvalue weighted by atomic mass is 9.98. The van der Waals surface area contributed by atoms with Crippen LogP contribution < -0.4 is 5.73 Å². The molecule has 1 fully saturated rings. The van der Waals surface area contributed by atoms with E-state index in [0.29, 0.717) is 22.5 Å². The van der Waals surface area contributed by atoms with Gasteiger partial charge in [-0.1, -0.05) is 24.9 Å². The molecule has 0 bridgehead atoms. The Morgan fingerprint density at radius 3 is 2.94 bits per heavy atom. The number of hydrogen-bond acceptors (Lipinski definition) is 3. The molecular weight excluding hydrogens is 236 g/mol. The molecule has 17 heavy (non-hydrogen) atoms. The fourth-order valence-electron chi connectivity index (χ4n) is 2.65. The Kier molecular flexibility index (Phi) is 2.51. The van der Waals surface area contributed by atoms with E-state index in [0.717, 1.165) is 23.4 Å². The Bertz CT molecular complexity index is 525. The van der Waals surface area contributed by atoms with E-state index in [2.05, 4.69) is 11.9 Å². The van der Waals surface area contributed by atoms with Crippen molar-refractivity contribution in [3.8, 4) is 0 Å². The monoisotopic (exact) mass is 250 g/mol. The van der Waals surface area contributed by atoms with Gasteiger partial charge in [-0.15, -0.1) is 0 Å². The number of oxazole rings is 1. The number of aromatic nitrogens is 1. The Morgan fingerprint density at radius 1 is 1.41 bits per heavy atom. The molecule has 2 N–H and O–H groups in total. The molecule has 2 atom stereocenters. The fourth-order valence-corrected chi connectivity index (χ4v) is 2.81. The number of benzene rings is 1. The third kappa shape index (κ3) is 1.78. The third-order valence-corrected chi connectivity index (χ3v) is 4.03. The predicted molar refractivity (Wildman–Crippen MR) is 69.2 cm³/mol. The largest absolute Gasteiger partial charge is 0.440 e. The molecule has 1 heterocycles. The zero-order valence-corrected chi connectivity index (χ0v) is 10.5. The van der Waals surface area contributed by atoms with Crippen LogP contribution >= 0.6 is 11.6 Å². The molecule has 4 heteroatoms. The predicted octanol–water partition coefficient (Wildman–Crippen LogP) is 3.97. The Morgan fingerprint density at radius 2 is 2.24 bits per heavy atom. The van der Waals surface area contributed by atoms with Gasteiger partial charge in [-0.3, -0.25) is 0 Å². The van der Waals surface area contributed by atoms with Gasteiger partial charge in [-0.05, 0) is 24.8 Å². The summed E-state index contributed by atoms with van der Waals surface area (Å²) in [6, 6.07) is 3.53. The van der Waals surface area contributed by atoms with Crippen molar-refractivity contribution in [2.45, 2.75) is 32.1 Å². The minimum absolute atomic E-state index is 0.447. The van der Waals surface area contributed by atoms with Crippen LogP contribution in [0.5, 0.6) is 0 Å². The van der Waals surface area contributed by atoms with Gasteiger partial charge in [0.05, 0.1) is 10.7 Å². The second kappa shape index (κ2) is 3.91. The lowest BCUT2D eigenvalue weighted by Gasteiger charge is -2.09. The van der Waals surface area contributed by atoms with Gasteiger partial charge in [0.1, 0.15) is 5.52 Å². The van der Waals surface area contributed by atoms with Gasteiger partial charge in [0.25, 0.3) is 0 Å². The summed E-state index contributed by atoms with van der Waals surface area (Å²) < 4.78 is 5.81. The normalized spacial score (nSPS) is 24.6. The Labute approximate surface area is 105 Å². The smallest absolute Gasteiger partial charge is 0.198 e. The van der Waals surface area contributed by atoms with Crippen molar-refractivity contribution in [2.75, 3.05) is 5.73 Å². The van der Waals surface area contributed by atoms with Crippen LogP contribution in [0, 0.1) is 5.92 Å². The zero-order chi connectivity index (χ0) is 12.0. The summed E-state index contributed by atoms with van der Waals surface area (Å²) in [6.45, 7) is 2.26. The summed E-state index contributed by atoms with van der Waals surface area (Å²) in [6.07, 6.45) is 3.68. The molecule has 90 valence electrons. The molecule has 1 aliphatic rings. The van der Waals surface area contributed by atoms with E-state index in [1.807, 2.05) is 0 Å². The standard InChI is InChI=1S/C13H15ClN2O/c1-7-3-2-4-8(7)13-16-11-5-9(14)10(15)6-12(11)17-13/h5-8H,2-4,15H2,1H3. The highest BCUT2D eigenvalue weighted by Gasteiger charge is 2.29. The average Bonchev–Trinajstić information content (AvgIpc) is 2.85. The molecule has 0 spiro atoms. The number of rotatable bonds is 1. The van der Waals surface area contributed by atoms with Gasteiger partial charge < -0.3 is 10.2 Å². The summed E-state index contributed by atoms with van der Waals surface area (Å²) in [7, 11) is 0. The van der Waals surface area contributed by atoms with Gasteiger partial charge in [0.15, 0.2) is 11.5 Å². The number of fused-ring (bicyclic) bond motifs is 1. The number of halogens is 1. The average molecular weight is 251 g/mol. The van der Waals surface area contributed by atoms with Crippen LogP contribution in [-0.2, 0) is 0 Å². The van der Waals surface area contributed by atoms with E-state index < -0.39 is 0 Å². The van der Waals surface area contributed by atoms with Crippen molar-refractivity contribution < 1.29 is 4.42 Å². The Hall–Kier alpha value is -1.22. The fraction of sp³-hybridized carbons (Fsp3) is 0.462. The highest BCUT2D eigenvalue weighted by molar-refractivity contribution is 6.33. The van der Waals surface area contributed by atoms with E-state index >= 15 is 0 Å². The van der Waals surface area contributed by atoms with Crippen molar-refractivity contribution >= 4 is 28.4 Å². The number of nitrogens with zero attached hydrogens (tertiary/aromatic N) is 1. The van der Waals surface area contributed by atoms with Crippen molar-refractivity contribution in [3.63, 3.8) is 0 Å². The molecule has 1 aromatic heterocycles. The van der Waals surface area contributed by atoms with Crippen LogP contribution in [0.1, 0.15) is 38.0 Å². The van der Waals surface area contributed by atoms with Crippen molar-refractivity contribution in [3.05, 3.63) is 23.0 Å². The molecule has 0 amide bonds. The van der Waals surface area contributed by atoms with Gasteiger partial charge in [0.2, 0.25) is 0 Å². The van der Waals surface area contributed by atoms with Crippen LogP contribution in [0.15, 0.2) is 16.5 Å². The minimum Gasteiger partial charge on any atom is -0.440 e. The third-order valence-electron chi connectivity index (χ3n) is 3.70. The van der Waals surface area contributed by atoms with Gasteiger partial charge >= 0.3 is 0 Å². The van der Waals surface area contributed by atoms with E-state index in [4.69, 9.17) is 21.8 Å². The molecule has 2 unspecified atom stereocenters. The summed E-state index contributed by atoms with van der Waals surface area (Å²) in [5.74, 6) is 1.94. The number of hydrogen-bond donors (Lipinski definition) is 1. The first-order valence-corrected chi connectivity index (χ1v) is 6.38. The van der Waals surface area contributed by atoms with Crippen LogP contribution in [0.2, 0.25) is 5.02 Å². The lowest BCUT2D eigenvalue weighted by Crippen LogP contribution is -2.01. The van der Waals surface area contributed by atoms with E-state index in [1.165, 1.54) is 12.8 Å². The van der Waals surface area contributed by atoms with Gasteiger partial charge in [-0.2, -0.15) is 0 Å². The SMILES string of the molecule is CC1CCCC1c1nc2cc(Cl)c(N)cc2o1. The van der Waals surface area contributed by atoms with Crippen LogP contribution in [0.25, 0.3) is 11.1 Å². The quantitative estimate of drug-likeness (QED) is 0.780. The summed E-state index contributed by atoms with van der Waals surface area (Å²) >= 11 is 5.98. The maximum absolute atomic E-state index is 5.98. The van der Waals surface area contributed by atoms with Crippen molar-refractivity contribution in [1.82, 2.24) is 4.98 Å². The van der Waals surface area contributed by atoms with Crippen LogP contribution in [0.3, 0.4) is 0 Å². The second-order valence-corrected chi connectivity index (χ2v) is 5.32.